The summed E-state index contributed by atoms with van der Waals surface area (Å²) in [4.78, 5) is 63.6. The van der Waals surface area contributed by atoms with Crippen molar-refractivity contribution in [1.82, 2.24) is 10.0 Å². The molecule has 2 aromatic rings. The minimum absolute atomic E-state index is 0.0117. The molecule has 0 radical (unpaired) electrons. The lowest BCUT2D eigenvalue weighted by Gasteiger charge is -2.30. The van der Waals surface area contributed by atoms with Crippen LogP contribution in [-0.4, -0.2) is 45.0 Å². The first-order valence-electron chi connectivity index (χ1n) is 10.6. The molecule has 34 heavy (non-hydrogen) atoms. The number of halogens is 1. The molecule has 0 aromatic heterocycles. The summed E-state index contributed by atoms with van der Waals surface area (Å²) in [5.74, 6) is -4.12. The average molecular weight is 482 g/mol. The molecule has 2 aliphatic rings. The highest BCUT2D eigenvalue weighted by atomic mass is 35.5. The van der Waals surface area contributed by atoms with Gasteiger partial charge in [0.2, 0.25) is 0 Å². The molecular formula is C24H20ClN3O6. The Kier molecular flexibility index (Phi) is 6.30. The molecule has 4 rings (SSSR count). The molecule has 1 heterocycles. The van der Waals surface area contributed by atoms with Crippen molar-refractivity contribution in [2.75, 3.05) is 6.54 Å². The van der Waals surface area contributed by atoms with E-state index < -0.39 is 46.8 Å². The number of nitrogens with zero attached hydrogens (tertiary/aromatic N) is 3. The van der Waals surface area contributed by atoms with Crippen LogP contribution in [0.25, 0.3) is 0 Å². The number of fused-ring (bicyclic) bond motifs is 1. The van der Waals surface area contributed by atoms with Crippen LogP contribution in [0.15, 0.2) is 60.7 Å². The second-order valence-electron chi connectivity index (χ2n) is 8.22. The van der Waals surface area contributed by atoms with Gasteiger partial charge in [-0.05, 0) is 24.5 Å². The maximum atomic E-state index is 13.5. The van der Waals surface area contributed by atoms with E-state index >= 15 is 0 Å². The Balaban J connectivity index is 1.73. The van der Waals surface area contributed by atoms with Gasteiger partial charge in [-0.15, -0.1) is 0 Å². The number of amides is 3. The van der Waals surface area contributed by atoms with E-state index in [2.05, 4.69) is 0 Å². The minimum Gasteiger partial charge on any atom is -0.292 e. The van der Waals surface area contributed by atoms with Crippen LogP contribution in [0.3, 0.4) is 0 Å². The van der Waals surface area contributed by atoms with Gasteiger partial charge in [0.15, 0.2) is 5.78 Å². The average Bonchev–Trinajstić information content (AvgIpc) is 3.08. The van der Waals surface area contributed by atoms with Crippen LogP contribution in [0.1, 0.15) is 34.1 Å². The third-order valence-electron chi connectivity index (χ3n) is 6.10. The van der Waals surface area contributed by atoms with Crippen molar-refractivity contribution in [2.24, 2.45) is 17.8 Å². The van der Waals surface area contributed by atoms with Gasteiger partial charge >= 0.3 is 0 Å². The van der Waals surface area contributed by atoms with E-state index in [0.717, 1.165) is 16.1 Å². The van der Waals surface area contributed by atoms with E-state index in [1.807, 2.05) is 19.1 Å². The van der Waals surface area contributed by atoms with Crippen LogP contribution in [0.4, 0.5) is 5.69 Å². The lowest BCUT2D eigenvalue weighted by atomic mass is 9.78. The van der Waals surface area contributed by atoms with Crippen molar-refractivity contribution in [2.45, 2.75) is 13.3 Å². The summed E-state index contributed by atoms with van der Waals surface area (Å²) in [5, 5.41) is 12.8. The van der Waals surface area contributed by atoms with Crippen LogP contribution in [-0.2, 0) is 9.59 Å². The van der Waals surface area contributed by atoms with Crippen molar-refractivity contribution < 1.29 is 24.1 Å². The summed E-state index contributed by atoms with van der Waals surface area (Å²) in [5.41, 5.74) is -0.315. The molecule has 1 aliphatic heterocycles. The number of ketones is 1. The molecule has 1 fully saturated rings. The number of rotatable bonds is 6. The molecule has 0 saturated carbocycles. The van der Waals surface area contributed by atoms with Gasteiger partial charge in [-0.1, -0.05) is 54.9 Å². The quantitative estimate of drug-likeness (QED) is 0.204. The normalized spacial score (nSPS) is 21.4. The summed E-state index contributed by atoms with van der Waals surface area (Å²) in [6, 6.07) is 11.1. The first-order chi connectivity index (χ1) is 16.2. The summed E-state index contributed by atoms with van der Waals surface area (Å²) < 4.78 is 0. The second-order valence-corrected chi connectivity index (χ2v) is 8.62. The third-order valence-corrected chi connectivity index (χ3v) is 6.43. The third kappa shape index (κ3) is 4.10. The number of imide groups is 1. The smallest absolute Gasteiger partial charge is 0.274 e. The van der Waals surface area contributed by atoms with Crippen LogP contribution in [0.2, 0.25) is 5.02 Å². The number of benzene rings is 2. The molecule has 174 valence electrons. The Labute approximate surface area is 199 Å². The van der Waals surface area contributed by atoms with Gasteiger partial charge in [0.25, 0.3) is 23.4 Å². The highest BCUT2D eigenvalue weighted by Gasteiger charge is 2.53. The van der Waals surface area contributed by atoms with Crippen LogP contribution < -0.4 is 0 Å². The monoisotopic (exact) mass is 481 g/mol. The number of hydrogen-bond donors (Lipinski definition) is 0. The number of allylic oxidation sites excluding steroid dienone is 2. The van der Waals surface area contributed by atoms with E-state index in [9.17, 15) is 29.3 Å². The molecule has 9 nitrogen and oxygen atoms in total. The van der Waals surface area contributed by atoms with Crippen molar-refractivity contribution >= 4 is 40.8 Å². The Morgan fingerprint density at radius 3 is 2.56 bits per heavy atom. The summed E-state index contributed by atoms with van der Waals surface area (Å²) in [6.07, 6.45) is 4.03. The number of Topliss-reactive ketones (excluding diaryl/α,β-unsaturated/α-hetero) is 1. The SMILES string of the molecule is C[C@@H]1C=CC[C@H]2C(=O)N(N(CC(=O)c3cccc([N+](=O)[O-])c3)C(=O)c3ccccc3Cl)C(=O)[C@H]12. The van der Waals surface area contributed by atoms with Crippen LogP contribution in [0.5, 0.6) is 0 Å². The predicted molar refractivity (Wildman–Crippen MR) is 122 cm³/mol. The molecule has 2 aromatic carbocycles. The van der Waals surface area contributed by atoms with E-state index in [1.54, 1.807) is 12.1 Å². The summed E-state index contributed by atoms with van der Waals surface area (Å²) >= 11 is 6.19. The first-order valence-corrected chi connectivity index (χ1v) is 11.0. The number of nitro benzene ring substituents is 1. The number of carbonyl (C=O) groups excluding carboxylic acids is 4. The van der Waals surface area contributed by atoms with E-state index in [-0.39, 0.29) is 27.8 Å². The first kappa shape index (κ1) is 23.3. The molecule has 1 aliphatic carbocycles. The van der Waals surface area contributed by atoms with Gasteiger partial charge in [-0.3, -0.25) is 29.3 Å². The lowest BCUT2D eigenvalue weighted by molar-refractivity contribution is -0.384. The molecule has 0 bridgehead atoms. The van der Waals surface area contributed by atoms with Crippen molar-refractivity contribution in [3.63, 3.8) is 0 Å². The van der Waals surface area contributed by atoms with E-state index in [4.69, 9.17) is 11.6 Å². The maximum absolute atomic E-state index is 13.5. The topological polar surface area (TPSA) is 118 Å². The van der Waals surface area contributed by atoms with Crippen LogP contribution >= 0.6 is 11.6 Å². The predicted octanol–water partition coefficient (Wildman–Crippen LogP) is 3.69. The largest absolute Gasteiger partial charge is 0.292 e. The molecule has 3 atom stereocenters. The minimum atomic E-state index is -0.801. The highest BCUT2D eigenvalue weighted by molar-refractivity contribution is 6.34. The molecule has 3 amide bonds. The zero-order valence-electron chi connectivity index (χ0n) is 18.1. The zero-order valence-corrected chi connectivity index (χ0v) is 18.8. The van der Waals surface area contributed by atoms with Gasteiger partial charge in [-0.25, -0.2) is 5.01 Å². The van der Waals surface area contributed by atoms with Crippen LogP contribution in [0, 0.1) is 27.9 Å². The Morgan fingerprint density at radius 2 is 1.88 bits per heavy atom. The van der Waals surface area contributed by atoms with Crippen molar-refractivity contribution in [3.8, 4) is 0 Å². The van der Waals surface area contributed by atoms with Gasteiger partial charge < -0.3 is 0 Å². The van der Waals surface area contributed by atoms with Gasteiger partial charge in [0, 0.05) is 17.7 Å². The number of carbonyl (C=O) groups is 4. The van der Waals surface area contributed by atoms with E-state index in [1.165, 1.54) is 30.3 Å². The molecule has 0 N–H and O–H groups in total. The summed E-state index contributed by atoms with van der Waals surface area (Å²) in [6.45, 7) is 1.14. The molecule has 0 unspecified atom stereocenters. The maximum Gasteiger partial charge on any atom is 0.274 e. The van der Waals surface area contributed by atoms with Gasteiger partial charge in [0.1, 0.15) is 6.54 Å². The molecule has 1 saturated heterocycles. The Morgan fingerprint density at radius 1 is 1.15 bits per heavy atom. The molecular weight excluding hydrogens is 462 g/mol. The zero-order chi connectivity index (χ0) is 24.6. The lowest BCUT2D eigenvalue weighted by Crippen LogP contribution is -2.52. The highest BCUT2D eigenvalue weighted by Crippen LogP contribution is 2.39. The van der Waals surface area contributed by atoms with Crippen molar-refractivity contribution in [1.29, 1.82) is 0 Å². The van der Waals surface area contributed by atoms with Gasteiger partial charge in [-0.2, -0.15) is 5.01 Å². The van der Waals surface area contributed by atoms with Gasteiger partial charge in [0.05, 0.1) is 27.3 Å². The Bertz CT molecular complexity index is 1240. The number of hydrazine groups is 1. The fraction of sp³-hybridized carbons (Fsp3) is 0.250. The fourth-order valence-corrected chi connectivity index (χ4v) is 4.61. The summed E-state index contributed by atoms with van der Waals surface area (Å²) in [7, 11) is 0. The standard InChI is InChI=1S/C24H20ClN3O6/c1-14-6-4-10-18-21(14)24(32)27(23(18)31)26(22(30)17-9-2-3-11-19(17)25)13-20(29)15-7-5-8-16(12-15)28(33)34/h2-9,11-12,14,18,21H,10,13H2,1H3/t14-,18-,21-/m1/s1. The fourth-order valence-electron chi connectivity index (χ4n) is 4.40. The molecule has 10 heteroatoms. The Hall–Kier alpha value is -3.85. The number of nitro groups is 1. The molecule has 0 spiro atoms. The van der Waals surface area contributed by atoms with E-state index in [0.29, 0.717) is 6.42 Å². The number of hydrogen-bond acceptors (Lipinski definition) is 6. The van der Waals surface area contributed by atoms with Crippen molar-refractivity contribution in [3.05, 3.63) is 86.9 Å². The second kappa shape index (κ2) is 9.18. The number of non-ortho nitro benzene ring substituents is 1.